The summed E-state index contributed by atoms with van der Waals surface area (Å²) in [6.45, 7) is 5.04. The van der Waals surface area contributed by atoms with Gasteiger partial charge < -0.3 is 10.1 Å². The Balaban J connectivity index is 2.24. The third-order valence-corrected chi connectivity index (χ3v) is 2.69. The van der Waals surface area contributed by atoms with Crippen molar-refractivity contribution < 1.29 is 14.3 Å². The Morgan fingerprint density at radius 2 is 2.05 bits per heavy atom. The number of hydrogen-bond donors (Lipinski definition) is 1. The largest absolute Gasteiger partial charge is 0.453 e. The van der Waals surface area contributed by atoms with Crippen LogP contribution in [0.15, 0.2) is 30.9 Å². The lowest BCUT2D eigenvalue weighted by molar-refractivity contribution is -0.161. The highest BCUT2D eigenvalue weighted by Gasteiger charge is 2.23. The monoisotopic (exact) mass is 322 g/mol. The Morgan fingerprint density at radius 1 is 1.32 bits per heavy atom. The van der Waals surface area contributed by atoms with E-state index in [1.165, 1.54) is 23.4 Å². The molecule has 1 amide bonds. The van der Waals surface area contributed by atoms with E-state index in [0.717, 1.165) is 0 Å². The van der Waals surface area contributed by atoms with Crippen LogP contribution in [0.5, 0.6) is 0 Å². The van der Waals surface area contributed by atoms with E-state index in [2.05, 4.69) is 15.4 Å². The number of benzene rings is 1. The van der Waals surface area contributed by atoms with Gasteiger partial charge in [0.05, 0.1) is 11.4 Å². The molecule has 0 aliphatic heterocycles. The first-order chi connectivity index (χ1) is 10.3. The van der Waals surface area contributed by atoms with Crippen LogP contribution in [0, 0.1) is 0 Å². The molecule has 7 nitrogen and oxygen atoms in total. The van der Waals surface area contributed by atoms with Gasteiger partial charge in [-0.15, -0.1) is 0 Å². The molecule has 2 aromatic rings. The Hall–Kier alpha value is -2.41. The average molecular weight is 323 g/mol. The van der Waals surface area contributed by atoms with Crippen molar-refractivity contribution in [3.05, 3.63) is 35.9 Å². The second-order valence-corrected chi connectivity index (χ2v) is 5.89. The predicted octanol–water partition coefficient (Wildman–Crippen LogP) is 2.20. The van der Waals surface area contributed by atoms with E-state index in [0.29, 0.717) is 16.4 Å². The molecule has 0 radical (unpaired) electrons. The van der Waals surface area contributed by atoms with Crippen LogP contribution in [0.4, 0.5) is 5.69 Å². The lowest BCUT2D eigenvalue weighted by Gasteiger charge is -2.19. The smallest absolute Gasteiger partial charge is 0.397 e. The highest BCUT2D eigenvalue weighted by molar-refractivity contribution is 6.38. The van der Waals surface area contributed by atoms with E-state index in [-0.39, 0.29) is 0 Å². The molecule has 0 fully saturated rings. The maximum absolute atomic E-state index is 11.9. The SMILES string of the molecule is CC(C)(C)OC(=O)C(=O)Nc1cc(Cl)ccc1-n1cncn1. The number of carbonyl (C=O) groups excluding carboxylic acids is 2. The van der Waals surface area contributed by atoms with Crippen molar-refractivity contribution in [2.75, 3.05) is 5.32 Å². The number of nitrogens with zero attached hydrogens (tertiary/aromatic N) is 3. The lowest BCUT2D eigenvalue weighted by atomic mass is 10.2. The fraction of sp³-hybridized carbons (Fsp3) is 0.286. The number of carbonyl (C=O) groups is 2. The predicted molar refractivity (Wildman–Crippen MR) is 80.8 cm³/mol. The molecule has 0 bridgehead atoms. The van der Waals surface area contributed by atoms with Crippen molar-refractivity contribution in [1.82, 2.24) is 14.8 Å². The standard InChI is InChI=1S/C14H15ClN4O3/c1-14(2,3)22-13(21)12(20)18-10-6-9(15)4-5-11(10)19-8-16-7-17-19/h4-8H,1-3H3,(H,18,20). The summed E-state index contributed by atoms with van der Waals surface area (Å²) in [5, 5.41) is 6.86. The van der Waals surface area contributed by atoms with Crippen LogP contribution in [-0.4, -0.2) is 32.2 Å². The number of rotatable bonds is 2. The number of esters is 1. The number of anilines is 1. The summed E-state index contributed by atoms with van der Waals surface area (Å²) in [5.41, 5.74) is 0.102. The fourth-order valence-corrected chi connectivity index (χ4v) is 1.81. The first kappa shape index (κ1) is 16.0. The summed E-state index contributed by atoms with van der Waals surface area (Å²) in [6, 6.07) is 4.81. The van der Waals surface area contributed by atoms with Gasteiger partial charge in [0.2, 0.25) is 0 Å². The second kappa shape index (κ2) is 6.15. The Labute approximate surface area is 132 Å². The van der Waals surface area contributed by atoms with E-state index in [1.54, 1.807) is 32.9 Å². The van der Waals surface area contributed by atoms with Crippen molar-refractivity contribution in [2.45, 2.75) is 26.4 Å². The first-order valence-electron chi connectivity index (χ1n) is 6.45. The summed E-state index contributed by atoms with van der Waals surface area (Å²) >= 11 is 5.93. The zero-order valence-electron chi connectivity index (χ0n) is 12.3. The zero-order chi connectivity index (χ0) is 16.3. The molecular weight excluding hydrogens is 308 g/mol. The van der Waals surface area contributed by atoms with Crippen LogP contribution in [-0.2, 0) is 14.3 Å². The summed E-state index contributed by atoms with van der Waals surface area (Å²) in [5.74, 6) is -1.87. The molecule has 1 N–H and O–H groups in total. The van der Waals surface area contributed by atoms with Gasteiger partial charge in [-0.3, -0.25) is 4.79 Å². The minimum atomic E-state index is -0.975. The van der Waals surface area contributed by atoms with Crippen LogP contribution in [0.3, 0.4) is 0 Å². The first-order valence-corrected chi connectivity index (χ1v) is 6.83. The van der Waals surface area contributed by atoms with Crippen molar-refractivity contribution in [1.29, 1.82) is 0 Å². The number of ether oxygens (including phenoxy) is 1. The zero-order valence-corrected chi connectivity index (χ0v) is 13.1. The number of aromatic nitrogens is 3. The summed E-state index contributed by atoms with van der Waals surface area (Å²) < 4.78 is 6.46. The van der Waals surface area contributed by atoms with Gasteiger partial charge in [-0.1, -0.05) is 11.6 Å². The molecule has 116 valence electrons. The molecular formula is C14H15ClN4O3. The molecule has 0 aliphatic rings. The minimum absolute atomic E-state index is 0.328. The molecule has 1 aromatic heterocycles. The van der Waals surface area contributed by atoms with E-state index >= 15 is 0 Å². The third kappa shape index (κ3) is 4.05. The molecule has 0 aliphatic carbocycles. The van der Waals surface area contributed by atoms with Gasteiger partial charge in [-0.25, -0.2) is 14.5 Å². The molecule has 0 atom stereocenters. The quantitative estimate of drug-likeness (QED) is 0.676. The summed E-state index contributed by atoms with van der Waals surface area (Å²) in [7, 11) is 0. The topological polar surface area (TPSA) is 86.1 Å². The molecule has 0 saturated carbocycles. The van der Waals surface area contributed by atoms with Crippen molar-refractivity contribution in [3.8, 4) is 5.69 Å². The van der Waals surface area contributed by atoms with E-state index < -0.39 is 17.5 Å². The second-order valence-electron chi connectivity index (χ2n) is 5.46. The third-order valence-electron chi connectivity index (χ3n) is 2.46. The molecule has 0 saturated heterocycles. The Morgan fingerprint density at radius 3 is 2.64 bits per heavy atom. The van der Waals surface area contributed by atoms with Gasteiger partial charge in [0.25, 0.3) is 0 Å². The van der Waals surface area contributed by atoms with Gasteiger partial charge in [0, 0.05) is 5.02 Å². The molecule has 1 heterocycles. The summed E-state index contributed by atoms with van der Waals surface area (Å²) in [4.78, 5) is 27.5. The molecule has 0 spiro atoms. The van der Waals surface area contributed by atoms with Crippen LogP contribution in [0.1, 0.15) is 20.8 Å². The maximum atomic E-state index is 11.9. The van der Waals surface area contributed by atoms with Crippen LogP contribution in [0.25, 0.3) is 5.69 Å². The average Bonchev–Trinajstić information content (AvgIpc) is 2.90. The Bertz CT molecular complexity index is 693. The highest BCUT2D eigenvalue weighted by atomic mass is 35.5. The molecule has 2 rings (SSSR count). The van der Waals surface area contributed by atoms with Crippen molar-refractivity contribution in [2.24, 2.45) is 0 Å². The van der Waals surface area contributed by atoms with E-state index in [1.807, 2.05) is 0 Å². The number of amides is 1. The maximum Gasteiger partial charge on any atom is 0.397 e. The minimum Gasteiger partial charge on any atom is -0.453 e. The van der Waals surface area contributed by atoms with Crippen LogP contribution in [0.2, 0.25) is 5.02 Å². The van der Waals surface area contributed by atoms with Gasteiger partial charge in [-0.05, 0) is 39.0 Å². The molecule has 22 heavy (non-hydrogen) atoms. The van der Waals surface area contributed by atoms with Crippen molar-refractivity contribution >= 4 is 29.2 Å². The van der Waals surface area contributed by atoms with Gasteiger partial charge >= 0.3 is 11.9 Å². The normalized spacial score (nSPS) is 11.1. The van der Waals surface area contributed by atoms with E-state index in [9.17, 15) is 9.59 Å². The summed E-state index contributed by atoms with van der Waals surface area (Å²) in [6.07, 6.45) is 2.82. The molecule has 0 unspecified atom stereocenters. The fourth-order valence-electron chi connectivity index (χ4n) is 1.64. The van der Waals surface area contributed by atoms with Gasteiger partial charge in [0.1, 0.15) is 18.3 Å². The van der Waals surface area contributed by atoms with Crippen molar-refractivity contribution in [3.63, 3.8) is 0 Å². The van der Waals surface area contributed by atoms with Crippen LogP contribution >= 0.6 is 11.6 Å². The number of nitrogens with one attached hydrogen (secondary N) is 1. The van der Waals surface area contributed by atoms with E-state index in [4.69, 9.17) is 16.3 Å². The van der Waals surface area contributed by atoms with Gasteiger partial charge in [0.15, 0.2) is 0 Å². The van der Waals surface area contributed by atoms with Gasteiger partial charge in [-0.2, -0.15) is 5.10 Å². The lowest BCUT2D eigenvalue weighted by Crippen LogP contribution is -2.32. The van der Waals surface area contributed by atoms with Crippen LogP contribution < -0.4 is 5.32 Å². The highest BCUT2D eigenvalue weighted by Crippen LogP contribution is 2.24. The molecule has 8 heteroatoms. The number of halogens is 1. The molecule has 1 aromatic carbocycles. The Kier molecular flexibility index (Phi) is 4.46. The number of hydrogen-bond acceptors (Lipinski definition) is 5.